The van der Waals surface area contributed by atoms with Crippen molar-refractivity contribution in [3.8, 4) is 0 Å². The molecule has 0 aromatic heterocycles. The maximum absolute atomic E-state index is 12.6. The van der Waals surface area contributed by atoms with E-state index in [2.05, 4.69) is 29.6 Å². The quantitative estimate of drug-likeness (QED) is 0.923. The van der Waals surface area contributed by atoms with Crippen LogP contribution < -0.4 is 5.32 Å². The van der Waals surface area contributed by atoms with Gasteiger partial charge in [-0.2, -0.15) is 0 Å². The van der Waals surface area contributed by atoms with Gasteiger partial charge < -0.3 is 15.0 Å². The lowest BCUT2D eigenvalue weighted by atomic mass is 9.87. The zero-order chi connectivity index (χ0) is 14.7. The standard InChI is InChI=1S/C17H24N2O2/c1-19(17(20)11-14-12-21-10-9-18-14)16-8-4-6-13-5-2-3-7-15(13)16/h2-3,5,7,14,16,18H,4,6,8-12H2,1H3. The number of nitrogens with one attached hydrogen (secondary N) is 1. The Kier molecular flexibility index (Phi) is 4.56. The summed E-state index contributed by atoms with van der Waals surface area (Å²) in [5.74, 6) is 0.208. The number of fused-ring (bicyclic) bond motifs is 1. The molecule has 3 rings (SSSR count). The van der Waals surface area contributed by atoms with Crippen LogP contribution in [-0.2, 0) is 16.0 Å². The van der Waals surface area contributed by atoms with Crippen LogP contribution in [0.4, 0.5) is 0 Å². The number of aryl methyl sites for hydroxylation is 1. The Labute approximate surface area is 126 Å². The number of morpholine rings is 1. The predicted molar refractivity (Wildman–Crippen MR) is 82.1 cm³/mol. The van der Waals surface area contributed by atoms with Gasteiger partial charge >= 0.3 is 0 Å². The van der Waals surface area contributed by atoms with Crippen LogP contribution in [0.5, 0.6) is 0 Å². The molecule has 2 atom stereocenters. The normalized spacial score (nSPS) is 25.2. The number of nitrogens with zero attached hydrogens (tertiary/aromatic N) is 1. The van der Waals surface area contributed by atoms with Crippen LogP contribution in [0.3, 0.4) is 0 Å². The molecule has 1 saturated heterocycles. The van der Waals surface area contributed by atoms with Gasteiger partial charge in [-0.1, -0.05) is 24.3 Å². The third-order valence-corrected chi connectivity index (χ3v) is 4.62. The second kappa shape index (κ2) is 6.58. The highest BCUT2D eigenvalue weighted by Gasteiger charge is 2.28. The highest BCUT2D eigenvalue weighted by atomic mass is 16.5. The smallest absolute Gasteiger partial charge is 0.224 e. The largest absolute Gasteiger partial charge is 0.378 e. The van der Waals surface area contributed by atoms with E-state index in [1.54, 1.807) is 0 Å². The van der Waals surface area contributed by atoms with Gasteiger partial charge in [0, 0.05) is 26.1 Å². The van der Waals surface area contributed by atoms with Gasteiger partial charge in [0.25, 0.3) is 0 Å². The van der Waals surface area contributed by atoms with E-state index in [0.29, 0.717) is 13.0 Å². The van der Waals surface area contributed by atoms with Gasteiger partial charge in [-0.15, -0.1) is 0 Å². The molecule has 1 aliphatic carbocycles. The van der Waals surface area contributed by atoms with Crippen LogP contribution in [0.25, 0.3) is 0 Å². The van der Waals surface area contributed by atoms with Crippen molar-refractivity contribution in [2.45, 2.75) is 37.8 Å². The molecule has 4 heteroatoms. The third-order valence-electron chi connectivity index (χ3n) is 4.62. The van der Waals surface area contributed by atoms with Crippen molar-refractivity contribution < 1.29 is 9.53 Å². The fourth-order valence-electron chi connectivity index (χ4n) is 3.41. The molecule has 1 aromatic carbocycles. The Morgan fingerprint density at radius 3 is 3.10 bits per heavy atom. The number of carbonyl (C=O) groups is 1. The lowest BCUT2D eigenvalue weighted by molar-refractivity contribution is -0.133. The summed E-state index contributed by atoms with van der Waals surface area (Å²) in [5, 5.41) is 3.35. The van der Waals surface area contributed by atoms with Crippen molar-refractivity contribution in [1.82, 2.24) is 10.2 Å². The monoisotopic (exact) mass is 288 g/mol. The Balaban J connectivity index is 1.67. The molecule has 2 unspecified atom stereocenters. The average molecular weight is 288 g/mol. The summed E-state index contributed by atoms with van der Waals surface area (Å²) in [6.07, 6.45) is 3.87. The molecule has 0 spiro atoms. The summed E-state index contributed by atoms with van der Waals surface area (Å²) in [7, 11) is 1.94. The number of hydrogen-bond donors (Lipinski definition) is 1. The molecule has 1 amide bonds. The average Bonchev–Trinajstić information content (AvgIpc) is 2.54. The molecule has 114 valence electrons. The number of benzene rings is 1. The number of ether oxygens (including phenoxy) is 1. The van der Waals surface area contributed by atoms with Crippen molar-refractivity contribution in [2.75, 3.05) is 26.8 Å². The number of amides is 1. The van der Waals surface area contributed by atoms with Crippen LogP contribution in [0.1, 0.15) is 36.4 Å². The first kappa shape index (κ1) is 14.5. The molecule has 0 saturated carbocycles. The molecule has 1 aliphatic heterocycles. The Bertz CT molecular complexity index is 497. The van der Waals surface area contributed by atoms with Gasteiger partial charge in [-0.25, -0.2) is 0 Å². The van der Waals surface area contributed by atoms with Crippen LogP contribution in [0.15, 0.2) is 24.3 Å². The van der Waals surface area contributed by atoms with Crippen molar-refractivity contribution in [1.29, 1.82) is 0 Å². The predicted octanol–water partition coefficient (Wildman–Crippen LogP) is 1.90. The Morgan fingerprint density at radius 2 is 2.29 bits per heavy atom. The van der Waals surface area contributed by atoms with Gasteiger partial charge in [-0.05, 0) is 30.4 Å². The molecular weight excluding hydrogens is 264 g/mol. The molecule has 2 aliphatic rings. The van der Waals surface area contributed by atoms with E-state index in [0.717, 1.165) is 32.4 Å². The van der Waals surface area contributed by atoms with E-state index in [4.69, 9.17) is 4.74 Å². The van der Waals surface area contributed by atoms with Crippen LogP contribution in [-0.4, -0.2) is 43.7 Å². The second-order valence-electron chi connectivity index (χ2n) is 6.04. The van der Waals surface area contributed by atoms with E-state index in [1.165, 1.54) is 11.1 Å². The molecule has 21 heavy (non-hydrogen) atoms. The van der Waals surface area contributed by atoms with Crippen LogP contribution >= 0.6 is 0 Å². The van der Waals surface area contributed by atoms with E-state index < -0.39 is 0 Å². The summed E-state index contributed by atoms with van der Waals surface area (Å²) in [4.78, 5) is 14.5. The SMILES string of the molecule is CN(C(=O)CC1COCCN1)C1CCCc2ccccc21. The lowest BCUT2D eigenvalue weighted by Crippen LogP contribution is -2.45. The minimum absolute atomic E-state index is 0.160. The fourth-order valence-corrected chi connectivity index (χ4v) is 3.41. The van der Waals surface area contributed by atoms with Gasteiger partial charge in [0.2, 0.25) is 5.91 Å². The number of carbonyl (C=O) groups excluding carboxylic acids is 1. The van der Waals surface area contributed by atoms with Crippen molar-refractivity contribution in [3.05, 3.63) is 35.4 Å². The summed E-state index contributed by atoms with van der Waals surface area (Å²) < 4.78 is 5.43. The van der Waals surface area contributed by atoms with Gasteiger partial charge in [0.05, 0.1) is 19.3 Å². The molecule has 0 bridgehead atoms. The third kappa shape index (κ3) is 3.27. The van der Waals surface area contributed by atoms with Gasteiger partial charge in [0.15, 0.2) is 0 Å². The molecule has 4 nitrogen and oxygen atoms in total. The van der Waals surface area contributed by atoms with Crippen molar-refractivity contribution in [3.63, 3.8) is 0 Å². The number of rotatable bonds is 3. The van der Waals surface area contributed by atoms with Crippen LogP contribution in [0.2, 0.25) is 0 Å². The lowest BCUT2D eigenvalue weighted by Gasteiger charge is -2.34. The van der Waals surface area contributed by atoms with Crippen molar-refractivity contribution in [2.24, 2.45) is 0 Å². The van der Waals surface area contributed by atoms with Crippen LogP contribution in [0, 0.1) is 0 Å². The van der Waals surface area contributed by atoms with E-state index >= 15 is 0 Å². The van der Waals surface area contributed by atoms with Gasteiger partial charge in [0.1, 0.15) is 0 Å². The van der Waals surface area contributed by atoms with Gasteiger partial charge in [-0.3, -0.25) is 4.79 Å². The minimum atomic E-state index is 0.160. The minimum Gasteiger partial charge on any atom is -0.378 e. The molecule has 1 N–H and O–H groups in total. The fraction of sp³-hybridized carbons (Fsp3) is 0.588. The zero-order valence-corrected chi connectivity index (χ0v) is 12.7. The first-order valence-electron chi connectivity index (χ1n) is 7.90. The Hall–Kier alpha value is -1.39. The zero-order valence-electron chi connectivity index (χ0n) is 12.7. The summed E-state index contributed by atoms with van der Waals surface area (Å²) in [6.45, 7) is 2.23. The van der Waals surface area contributed by atoms with E-state index in [-0.39, 0.29) is 18.0 Å². The van der Waals surface area contributed by atoms with E-state index in [1.807, 2.05) is 11.9 Å². The molecule has 1 aromatic rings. The molecule has 1 heterocycles. The molecular formula is C17H24N2O2. The summed E-state index contributed by atoms with van der Waals surface area (Å²) >= 11 is 0. The summed E-state index contributed by atoms with van der Waals surface area (Å²) in [5.41, 5.74) is 2.72. The topological polar surface area (TPSA) is 41.6 Å². The highest BCUT2D eigenvalue weighted by Crippen LogP contribution is 2.33. The second-order valence-corrected chi connectivity index (χ2v) is 6.04. The first-order valence-corrected chi connectivity index (χ1v) is 7.90. The maximum atomic E-state index is 12.6. The Morgan fingerprint density at radius 1 is 1.43 bits per heavy atom. The molecule has 0 radical (unpaired) electrons. The highest BCUT2D eigenvalue weighted by molar-refractivity contribution is 5.77. The summed E-state index contributed by atoms with van der Waals surface area (Å²) in [6, 6.07) is 8.92. The van der Waals surface area contributed by atoms with E-state index in [9.17, 15) is 4.79 Å². The first-order chi connectivity index (χ1) is 10.3. The molecule has 1 fully saturated rings. The van der Waals surface area contributed by atoms with Crippen molar-refractivity contribution >= 4 is 5.91 Å². The number of hydrogen-bond acceptors (Lipinski definition) is 3. The maximum Gasteiger partial charge on any atom is 0.224 e.